The predicted octanol–water partition coefficient (Wildman–Crippen LogP) is 5.11. The molecule has 2 unspecified atom stereocenters. The van der Waals surface area contributed by atoms with Crippen LogP contribution in [0.1, 0.15) is 40.0 Å². The molecule has 1 N–H and O–H groups in total. The summed E-state index contributed by atoms with van der Waals surface area (Å²) in [6.07, 6.45) is 3.40. The summed E-state index contributed by atoms with van der Waals surface area (Å²) in [7, 11) is 0. The highest BCUT2D eigenvalue weighted by Gasteiger charge is 2.32. The second kappa shape index (κ2) is 5.08. The topological polar surface area (TPSA) is 12.0 Å². The summed E-state index contributed by atoms with van der Waals surface area (Å²) in [5, 5.41) is 3.76. The van der Waals surface area contributed by atoms with E-state index < -0.39 is 0 Å². The normalized spacial score (nSPS) is 26.9. The maximum atomic E-state index is 13.7. The Balaban J connectivity index is 2.11. The number of benzene rings is 1. The highest BCUT2D eigenvalue weighted by Crippen LogP contribution is 2.40. The largest absolute Gasteiger partial charge is 0.378 e. The van der Waals surface area contributed by atoms with Gasteiger partial charge in [0.1, 0.15) is 5.82 Å². The van der Waals surface area contributed by atoms with Crippen molar-refractivity contribution in [1.29, 1.82) is 0 Å². The summed E-state index contributed by atoms with van der Waals surface area (Å²) in [4.78, 5) is 0. The third-order valence-electron chi connectivity index (χ3n) is 3.99. The van der Waals surface area contributed by atoms with Gasteiger partial charge in [0.2, 0.25) is 0 Å². The Morgan fingerprint density at radius 1 is 1.39 bits per heavy atom. The van der Waals surface area contributed by atoms with Crippen LogP contribution in [-0.2, 0) is 0 Å². The average molecular weight is 270 g/mol. The second-order valence-corrected chi connectivity index (χ2v) is 6.64. The zero-order valence-electron chi connectivity index (χ0n) is 11.3. The van der Waals surface area contributed by atoms with Gasteiger partial charge in [-0.25, -0.2) is 4.39 Å². The van der Waals surface area contributed by atoms with Gasteiger partial charge < -0.3 is 5.32 Å². The molecule has 0 spiro atoms. The van der Waals surface area contributed by atoms with Gasteiger partial charge >= 0.3 is 0 Å². The monoisotopic (exact) mass is 269 g/mol. The summed E-state index contributed by atoms with van der Waals surface area (Å²) in [6.45, 7) is 6.83. The third-order valence-corrected chi connectivity index (χ3v) is 4.30. The van der Waals surface area contributed by atoms with Crippen LogP contribution in [0.3, 0.4) is 0 Å². The van der Waals surface area contributed by atoms with Crippen molar-refractivity contribution in [2.45, 2.75) is 46.1 Å². The highest BCUT2D eigenvalue weighted by molar-refractivity contribution is 6.33. The predicted molar refractivity (Wildman–Crippen MR) is 75.6 cm³/mol. The molecule has 0 heterocycles. The SMILES string of the molecule is CC1CC(C)(C)CCC1Nc1c(F)cccc1Cl. The second-order valence-electron chi connectivity index (χ2n) is 6.23. The van der Waals surface area contributed by atoms with Gasteiger partial charge in [-0.05, 0) is 42.7 Å². The number of rotatable bonds is 2. The van der Waals surface area contributed by atoms with E-state index in [2.05, 4.69) is 26.1 Å². The average Bonchev–Trinajstić information content (AvgIpc) is 2.25. The number of hydrogen-bond acceptors (Lipinski definition) is 1. The van der Waals surface area contributed by atoms with Crippen molar-refractivity contribution < 1.29 is 4.39 Å². The van der Waals surface area contributed by atoms with Crippen molar-refractivity contribution in [3.05, 3.63) is 29.0 Å². The minimum atomic E-state index is -0.264. The van der Waals surface area contributed by atoms with E-state index in [-0.39, 0.29) is 5.82 Å². The zero-order valence-corrected chi connectivity index (χ0v) is 12.0. The lowest BCUT2D eigenvalue weighted by Crippen LogP contribution is -2.37. The quantitative estimate of drug-likeness (QED) is 0.787. The Hall–Kier alpha value is -0.760. The molecule has 0 saturated heterocycles. The van der Waals surface area contributed by atoms with Gasteiger partial charge in [0, 0.05) is 6.04 Å². The molecular weight excluding hydrogens is 249 g/mol. The molecule has 2 rings (SSSR count). The Morgan fingerprint density at radius 3 is 2.72 bits per heavy atom. The van der Waals surface area contributed by atoms with E-state index in [0.29, 0.717) is 28.1 Å². The Bertz CT molecular complexity index is 410. The number of para-hydroxylation sites is 1. The first-order valence-electron chi connectivity index (χ1n) is 6.59. The van der Waals surface area contributed by atoms with Gasteiger partial charge in [0.15, 0.2) is 0 Å². The summed E-state index contributed by atoms with van der Waals surface area (Å²) >= 11 is 6.05. The lowest BCUT2D eigenvalue weighted by atomic mass is 9.70. The third kappa shape index (κ3) is 2.97. The zero-order chi connectivity index (χ0) is 13.3. The molecule has 0 aliphatic heterocycles. The van der Waals surface area contributed by atoms with E-state index in [9.17, 15) is 4.39 Å². The molecular formula is C15H21ClFN. The van der Waals surface area contributed by atoms with Crippen molar-refractivity contribution in [3.63, 3.8) is 0 Å². The molecule has 1 nitrogen and oxygen atoms in total. The fourth-order valence-electron chi connectivity index (χ4n) is 2.98. The molecule has 1 aromatic carbocycles. The van der Waals surface area contributed by atoms with Crippen LogP contribution in [0.2, 0.25) is 5.02 Å². The van der Waals surface area contributed by atoms with Gasteiger partial charge in [-0.15, -0.1) is 0 Å². The van der Waals surface area contributed by atoms with Crippen LogP contribution < -0.4 is 5.32 Å². The lowest BCUT2D eigenvalue weighted by molar-refractivity contribution is 0.177. The van der Waals surface area contributed by atoms with Crippen molar-refractivity contribution in [2.75, 3.05) is 5.32 Å². The van der Waals surface area contributed by atoms with Crippen molar-refractivity contribution in [2.24, 2.45) is 11.3 Å². The molecule has 2 atom stereocenters. The van der Waals surface area contributed by atoms with Crippen LogP contribution in [0.25, 0.3) is 0 Å². The van der Waals surface area contributed by atoms with Crippen LogP contribution in [0, 0.1) is 17.2 Å². The molecule has 18 heavy (non-hydrogen) atoms. The van der Waals surface area contributed by atoms with Crippen molar-refractivity contribution in [1.82, 2.24) is 0 Å². The van der Waals surface area contributed by atoms with Crippen molar-refractivity contribution in [3.8, 4) is 0 Å². The fourth-order valence-corrected chi connectivity index (χ4v) is 3.20. The van der Waals surface area contributed by atoms with Crippen LogP contribution in [0.5, 0.6) is 0 Å². The fraction of sp³-hybridized carbons (Fsp3) is 0.600. The molecule has 0 radical (unpaired) electrons. The standard InChI is InChI=1S/C15H21ClFN/c1-10-9-15(2,3)8-7-13(10)18-14-11(16)5-4-6-12(14)17/h4-6,10,13,18H,7-9H2,1-3H3. The van der Waals surface area contributed by atoms with E-state index >= 15 is 0 Å². The van der Waals surface area contributed by atoms with Crippen LogP contribution in [0.15, 0.2) is 18.2 Å². The van der Waals surface area contributed by atoms with Crippen LogP contribution in [-0.4, -0.2) is 6.04 Å². The van der Waals surface area contributed by atoms with Gasteiger partial charge in [0.05, 0.1) is 10.7 Å². The number of anilines is 1. The highest BCUT2D eigenvalue weighted by atomic mass is 35.5. The molecule has 0 bridgehead atoms. The maximum Gasteiger partial charge on any atom is 0.147 e. The van der Waals surface area contributed by atoms with E-state index in [1.165, 1.54) is 12.5 Å². The van der Waals surface area contributed by atoms with E-state index in [1.54, 1.807) is 12.1 Å². The van der Waals surface area contributed by atoms with Gasteiger partial charge in [-0.3, -0.25) is 0 Å². The Morgan fingerprint density at radius 2 is 2.11 bits per heavy atom. The molecule has 1 saturated carbocycles. The number of nitrogens with one attached hydrogen (secondary N) is 1. The summed E-state index contributed by atoms with van der Waals surface area (Å²) in [6, 6.07) is 5.12. The molecule has 1 aromatic rings. The first kappa shape index (κ1) is 13.7. The van der Waals surface area contributed by atoms with Crippen molar-refractivity contribution >= 4 is 17.3 Å². The Kier molecular flexibility index (Phi) is 3.86. The minimum absolute atomic E-state index is 0.264. The minimum Gasteiger partial charge on any atom is -0.378 e. The maximum absolute atomic E-state index is 13.7. The van der Waals surface area contributed by atoms with E-state index in [4.69, 9.17) is 11.6 Å². The molecule has 0 amide bonds. The molecule has 0 aromatic heterocycles. The molecule has 3 heteroatoms. The Labute approximate surface area is 114 Å². The molecule has 1 aliphatic carbocycles. The summed E-state index contributed by atoms with van der Waals surface area (Å²) in [5.41, 5.74) is 0.854. The molecule has 1 aliphatic rings. The lowest BCUT2D eigenvalue weighted by Gasteiger charge is -2.40. The van der Waals surface area contributed by atoms with Gasteiger partial charge in [-0.1, -0.05) is 38.4 Å². The smallest absolute Gasteiger partial charge is 0.147 e. The molecule has 1 fully saturated rings. The van der Waals surface area contributed by atoms with Crippen LogP contribution in [0.4, 0.5) is 10.1 Å². The van der Waals surface area contributed by atoms with E-state index in [0.717, 1.165) is 12.8 Å². The number of hydrogen-bond donors (Lipinski definition) is 1. The summed E-state index contributed by atoms with van der Waals surface area (Å²) in [5.74, 6) is 0.268. The molecule has 100 valence electrons. The summed E-state index contributed by atoms with van der Waals surface area (Å²) < 4.78 is 13.7. The van der Waals surface area contributed by atoms with Gasteiger partial charge in [0.25, 0.3) is 0 Å². The van der Waals surface area contributed by atoms with Gasteiger partial charge in [-0.2, -0.15) is 0 Å². The van der Waals surface area contributed by atoms with Crippen LogP contribution >= 0.6 is 11.6 Å². The first-order valence-corrected chi connectivity index (χ1v) is 6.97. The number of halogens is 2. The first-order chi connectivity index (χ1) is 8.39. The van der Waals surface area contributed by atoms with E-state index in [1.807, 2.05) is 0 Å².